The number of rotatable bonds is 68. The van der Waals surface area contributed by atoms with Gasteiger partial charge in [-0.1, -0.05) is 46.4 Å². The van der Waals surface area contributed by atoms with E-state index < -0.39 is 135 Å². The summed E-state index contributed by atoms with van der Waals surface area (Å²) in [6.45, 7) is 3.49. The number of unbranched alkanes of at least 4 members (excludes halogenated alkanes) is 12. The second-order valence-corrected chi connectivity index (χ2v) is 29.7. The number of ether oxygens (including phenoxy) is 10. The Balaban J connectivity index is 0.0000163. The minimum Gasteiger partial charge on any atom is -0.394 e. The van der Waals surface area contributed by atoms with Crippen LogP contribution in [0, 0.1) is 5.92 Å². The van der Waals surface area contributed by atoms with E-state index in [1.165, 1.54) is 21.3 Å². The Kier molecular flexibility index (Phi) is 54.6. The lowest BCUT2D eigenvalue weighted by molar-refractivity contribution is -0.282. The van der Waals surface area contributed by atoms with Crippen LogP contribution in [0.1, 0.15) is 251 Å². The molecule has 0 aromatic rings. The molecule has 33 heteroatoms. The molecule has 0 aliphatic carbocycles. The predicted octanol–water partition coefficient (Wildman–Crippen LogP) is 3.23. The Hall–Kier alpha value is -4.86. The van der Waals surface area contributed by atoms with Gasteiger partial charge in [-0.3, -0.25) is 47.9 Å². The average molecular weight is 1620 g/mol. The quantitative estimate of drug-likeness (QED) is 0.0389. The van der Waals surface area contributed by atoms with Crippen molar-refractivity contribution in [2.75, 3.05) is 99.5 Å². The van der Waals surface area contributed by atoms with Crippen molar-refractivity contribution in [2.45, 2.75) is 338 Å². The molecule has 3 fully saturated rings. The first-order valence-corrected chi connectivity index (χ1v) is 40.4. The van der Waals surface area contributed by atoms with Crippen LogP contribution in [0.2, 0.25) is 0 Å². The van der Waals surface area contributed by atoms with Crippen molar-refractivity contribution in [3.8, 4) is 0 Å². The van der Waals surface area contributed by atoms with Crippen LogP contribution in [-0.2, 0) is 95.3 Å². The number of carbonyl (C=O) groups is 10. The molecule has 0 saturated carbocycles. The molecular weight excluding hydrogens is 1470 g/mol. The van der Waals surface area contributed by atoms with Gasteiger partial charge in [0, 0.05) is 154 Å². The Bertz CT molecular complexity index is 2560. The molecule has 0 radical (unpaired) electrons. The number of hydrogen-bond donors (Lipinski definition) is 13. The fourth-order valence-corrected chi connectivity index (χ4v) is 13.1. The lowest BCUT2D eigenvalue weighted by Crippen LogP contribution is -2.64. The summed E-state index contributed by atoms with van der Waals surface area (Å²) in [5.74, 6) is -2.21. The van der Waals surface area contributed by atoms with Crippen molar-refractivity contribution >= 4 is 58.3 Å². The first-order chi connectivity index (χ1) is 55.3. The number of ketones is 6. The van der Waals surface area contributed by atoms with E-state index in [2.05, 4.69) is 21.3 Å². The molecule has 3 aliphatic rings. The summed E-state index contributed by atoms with van der Waals surface area (Å²) in [6.07, 6.45) is 0.412. The summed E-state index contributed by atoms with van der Waals surface area (Å²) < 4.78 is 73.3. The van der Waals surface area contributed by atoms with Crippen LogP contribution in [0.15, 0.2) is 0 Å². The van der Waals surface area contributed by atoms with Gasteiger partial charge in [-0.2, -0.15) is 0 Å². The van der Waals surface area contributed by atoms with E-state index in [1.54, 1.807) is 14.0 Å². The number of hydrogen-bond acceptors (Lipinski definition) is 29. The minimum absolute atomic E-state index is 0.0288. The highest BCUT2D eigenvalue weighted by Gasteiger charge is 2.47. The van der Waals surface area contributed by atoms with Crippen LogP contribution in [-0.4, -0.2) is 295 Å². The summed E-state index contributed by atoms with van der Waals surface area (Å²) in [7, 11) is 2.90. The van der Waals surface area contributed by atoms with Gasteiger partial charge in [0.05, 0.1) is 65.6 Å². The Morgan fingerprint density at radius 2 is 0.688 bits per heavy atom. The Morgan fingerprint density at radius 1 is 0.384 bits per heavy atom. The molecule has 3 aliphatic heterocycles. The number of aliphatic hydroxyl groups is 9. The summed E-state index contributed by atoms with van der Waals surface area (Å²) in [5.41, 5.74) is -1.40. The van der Waals surface area contributed by atoms with E-state index in [1.807, 2.05) is 0 Å². The van der Waals surface area contributed by atoms with Gasteiger partial charge in [0.25, 0.3) is 0 Å². The van der Waals surface area contributed by atoms with Crippen molar-refractivity contribution in [1.29, 1.82) is 0 Å². The fraction of sp³-hybridized carbons (Fsp3) is 0.873. The number of methoxy groups -OCH3 is 1. The molecule has 13 N–H and O–H groups in total. The Morgan fingerprint density at radius 3 is 1.04 bits per heavy atom. The molecule has 0 aromatic heterocycles. The van der Waals surface area contributed by atoms with Crippen molar-refractivity contribution < 1.29 is 146 Å². The van der Waals surface area contributed by atoms with Gasteiger partial charge in [-0.05, 0) is 96.3 Å². The highest BCUT2D eigenvalue weighted by atomic mass is 16.7. The molecule has 15 atom stereocenters. The van der Waals surface area contributed by atoms with E-state index >= 15 is 0 Å². The zero-order valence-corrected chi connectivity index (χ0v) is 67.3. The van der Waals surface area contributed by atoms with Crippen LogP contribution >= 0.6 is 0 Å². The summed E-state index contributed by atoms with van der Waals surface area (Å²) in [6, 6.07) is -2.14. The summed E-state index contributed by atoms with van der Waals surface area (Å²) in [5, 5.41) is 102. The molecule has 15 unspecified atom stereocenters. The highest BCUT2D eigenvalue weighted by Crippen LogP contribution is 2.29. The standard InChI is InChI=1S/C78H136N4O29.CH4.H2/c1-53-69(96)70(97)62(47-83)109-75(53)106-41-21-16-31-56(88)25-10-7-13-28-59(91)36-44-103-50-78(82-66(95)35-24-34-65(94)79-39-19-5-6-20-40-102-4,51-104-45-37-60(92)29-14-8-11-26-57(89)32-17-22-42-107-76-67(80-54(2)86)73(100)71(98)63(48-84)110-76)52-105-46-38-61(93)30-15-9-12-27-58(90)33-18-23-43-108-77-68(81-55(3)87)74(101)72(99)64(49-85)111-77;;/h53,62-64,67-77,83-85,96-101H,5-52H2,1-4H3,(H,79,94)(H,80,86)(H,81,87)(H,82,95);1H4;1H/i;1T;1+2T. The summed E-state index contributed by atoms with van der Waals surface area (Å²) in [4.78, 5) is 128. The van der Waals surface area contributed by atoms with Gasteiger partial charge < -0.3 is 115 Å². The second kappa shape index (κ2) is 61.5. The maximum atomic E-state index is 13.9. The molecule has 0 aromatic carbocycles. The van der Waals surface area contributed by atoms with Gasteiger partial charge in [-0.25, -0.2) is 0 Å². The molecule has 0 bridgehead atoms. The van der Waals surface area contributed by atoms with Crippen LogP contribution < -0.4 is 21.3 Å². The monoisotopic (exact) mass is 1620 g/mol. The van der Waals surface area contributed by atoms with Gasteiger partial charge in [0.1, 0.15) is 101 Å². The van der Waals surface area contributed by atoms with E-state index in [0.29, 0.717) is 135 Å². The lowest BCUT2D eigenvalue weighted by atomic mass is 9.92. The first kappa shape index (κ1) is 99.5. The number of carbonyl (C=O) groups excluding carboxylic acids is 10. The normalized spacial score (nSPS) is 24.4. The minimum atomic E-state index is -1.44. The molecule has 3 rings (SSSR count). The first-order valence-electron chi connectivity index (χ1n) is 42.4. The largest absolute Gasteiger partial charge is 0.394 e. The Labute approximate surface area is 666 Å². The molecule has 33 nitrogen and oxygen atoms in total. The van der Waals surface area contributed by atoms with Crippen molar-refractivity contribution in [1.82, 2.24) is 21.3 Å². The molecule has 652 valence electrons. The summed E-state index contributed by atoms with van der Waals surface area (Å²) >= 11 is 0. The van der Waals surface area contributed by atoms with Crippen LogP contribution in [0.5, 0.6) is 0 Å². The SMILES string of the molecule is COCCCCCCNC(=O)CCCC(=O)NC(COCCC(=O)CCCCCC(=O)CCCCOC1OC(CO)C(O)C(O)C1C)(COCCC(=O)CCCCCC(=O)CCCCOC1OC(CO)C(O)C(O)C1NC(C)=O)COCCC(=O)CCCCCC(=O)CCCCOC1OC(CO)C(O)C(O)C1NC(C)=O.[3H]C.[3H][3H]. The van der Waals surface area contributed by atoms with Crippen LogP contribution in [0.25, 0.3) is 0 Å². The zero-order valence-electron chi connectivity index (χ0n) is 70.3. The average Bonchev–Trinajstić information content (AvgIpc) is 0.817. The van der Waals surface area contributed by atoms with Gasteiger partial charge >= 0.3 is 0 Å². The predicted molar refractivity (Wildman–Crippen MR) is 410 cm³/mol. The molecule has 3 heterocycles. The van der Waals surface area contributed by atoms with E-state index in [9.17, 15) is 93.9 Å². The van der Waals surface area contributed by atoms with Crippen LogP contribution in [0.4, 0.5) is 0 Å². The van der Waals surface area contributed by atoms with Gasteiger partial charge in [-0.15, -0.1) is 0 Å². The number of Topliss-reactive ketones (excluding diaryl/α,β-unsaturated/α-hetero) is 6. The number of amides is 4. The third kappa shape index (κ3) is 43.9. The zero-order chi connectivity index (χ0) is 85.8. The van der Waals surface area contributed by atoms with Gasteiger partial charge in [0.2, 0.25) is 23.6 Å². The molecule has 0 spiro atoms. The number of nitrogens with one attached hydrogen (secondary N) is 4. The van der Waals surface area contributed by atoms with E-state index in [4.69, 9.17) is 51.7 Å². The highest BCUT2D eigenvalue weighted by molar-refractivity contribution is 5.81. The van der Waals surface area contributed by atoms with Crippen molar-refractivity contribution in [3.05, 3.63) is 0 Å². The molecular formula is C79H142N4O29. The molecule has 4 amide bonds. The third-order valence-electron chi connectivity index (χ3n) is 19.8. The smallest absolute Gasteiger partial charge is 0.220 e. The van der Waals surface area contributed by atoms with Gasteiger partial charge in [0.15, 0.2) is 18.9 Å². The van der Waals surface area contributed by atoms with E-state index in [0.717, 1.165) is 25.7 Å². The van der Waals surface area contributed by atoms with Crippen molar-refractivity contribution in [3.63, 3.8) is 0 Å². The third-order valence-corrected chi connectivity index (χ3v) is 19.8. The second-order valence-electron chi connectivity index (χ2n) is 29.7. The molecule has 112 heavy (non-hydrogen) atoms. The molecule has 3 saturated heterocycles. The van der Waals surface area contributed by atoms with E-state index in [-0.39, 0.29) is 171 Å². The maximum absolute atomic E-state index is 13.9. The maximum Gasteiger partial charge on any atom is 0.220 e. The van der Waals surface area contributed by atoms with Crippen molar-refractivity contribution in [2.24, 2.45) is 5.92 Å². The lowest BCUT2D eigenvalue weighted by Gasteiger charge is -2.42. The topological polar surface area (TPSA) is 493 Å². The fourth-order valence-electron chi connectivity index (χ4n) is 13.1. The number of aliphatic hydroxyl groups excluding tert-OH is 9. The van der Waals surface area contributed by atoms with Crippen LogP contribution in [0.3, 0.4) is 0 Å².